The summed E-state index contributed by atoms with van der Waals surface area (Å²) in [7, 11) is 0. The first kappa shape index (κ1) is 25.8. The van der Waals surface area contributed by atoms with E-state index in [-0.39, 0.29) is 12.0 Å². The van der Waals surface area contributed by atoms with Crippen LogP contribution in [0.5, 0.6) is 0 Å². The van der Waals surface area contributed by atoms with Gasteiger partial charge in [0.2, 0.25) is 22.6 Å². The molecule has 44 heavy (non-hydrogen) atoms. The Balaban J connectivity index is 1.43. The Bertz CT molecular complexity index is 2540. The van der Waals surface area contributed by atoms with Gasteiger partial charge >= 0.3 is 0 Å². The molecule has 8 aromatic rings. The minimum Gasteiger partial charge on any atom is -0.437 e. The quantitative estimate of drug-likeness (QED) is 0.141. The van der Waals surface area contributed by atoms with Crippen LogP contribution in [0.2, 0.25) is 0 Å². The monoisotopic (exact) mass is 591 g/mol. The van der Waals surface area contributed by atoms with Crippen molar-refractivity contribution >= 4 is 59.8 Å². The van der Waals surface area contributed by atoms with Gasteiger partial charge in [0.1, 0.15) is 5.92 Å². The normalized spacial score (nSPS) is 16.4. The lowest BCUT2D eigenvalue weighted by molar-refractivity contribution is -0.716. The molecule has 0 bridgehead atoms. The molecule has 2 unspecified atom stereocenters. The number of aromatic nitrogens is 3. The van der Waals surface area contributed by atoms with Crippen molar-refractivity contribution in [1.29, 1.82) is 0 Å². The molecule has 0 radical (unpaired) electrons. The summed E-state index contributed by atoms with van der Waals surface area (Å²) < 4.78 is 12.9. The van der Waals surface area contributed by atoms with Crippen LogP contribution >= 0.6 is 11.3 Å². The summed E-state index contributed by atoms with van der Waals surface area (Å²) >= 11 is 1.85. The summed E-state index contributed by atoms with van der Waals surface area (Å²) in [6, 6.07) is 25.4. The maximum absolute atomic E-state index is 6.60. The number of hydrogen-bond acceptors (Lipinski definition) is 3. The number of hydrogen-bond donors (Lipinski definition) is 0. The molecule has 0 N–H and O–H groups in total. The maximum Gasteiger partial charge on any atom is 0.227 e. The first-order valence-corrected chi connectivity index (χ1v) is 16.2. The third kappa shape index (κ3) is 3.53. The lowest BCUT2D eigenvalue weighted by Crippen LogP contribution is -2.48. The van der Waals surface area contributed by atoms with E-state index in [1.807, 2.05) is 18.3 Å². The zero-order valence-corrected chi connectivity index (χ0v) is 26.6. The molecule has 0 saturated carbocycles. The van der Waals surface area contributed by atoms with E-state index in [0.717, 1.165) is 27.4 Å². The smallest absolute Gasteiger partial charge is 0.227 e. The van der Waals surface area contributed by atoms with Crippen molar-refractivity contribution < 1.29 is 13.4 Å². The molecule has 0 spiro atoms. The summed E-state index contributed by atoms with van der Waals surface area (Å²) in [4.78, 5) is 6.06. The van der Waals surface area contributed by atoms with E-state index in [1.165, 1.54) is 65.1 Å². The van der Waals surface area contributed by atoms with E-state index < -0.39 is 0 Å². The average molecular weight is 592 g/mol. The van der Waals surface area contributed by atoms with Gasteiger partial charge in [-0.15, -0.1) is 11.3 Å². The van der Waals surface area contributed by atoms with Gasteiger partial charge in [-0.2, -0.15) is 8.97 Å². The van der Waals surface area contributed by atoms with Crippen molar-refractivity contribution in [3.63, 3.8) is 0 Å². The fourth-order valence-electron chi connectivity index (χ4n) is 7.58. The van der Waals surface area contributed by atoms with Gasteiger partial charge in [-0.25, -0.2) is 4.98 Å². The molecule has 5 heteroatoms. The van der Waals surface area contributed by atoms with Crippen molar-refractivity contribution in [2.75, 3.05) is 0 Å². The second-order valence-corrected chi connectivity index (χ2v) is 14.1. The number of pyridine rings is 4. The fourth-order valence-corrected chi connectivity index (χ4v) is 8.52. The highest BCUT2D eigenvalue weighted by molar-refractivity contribution is 7.19. The Kier molecular flexibility index (Phi) is 5.26. The second kappa shape index (κ2) is 8.96. The van der Waals surface area contributed by atoms with Crippen molar-refractivity contribution in [1.82, 2.24) is 4.98 Å². The first-order chi connectivity index (χ1) is 21.2. The molecule has 1 aliphatic heterocycles. The largest absolute Gasteiger partial charge is 0.437 e. The number of furan rings is 1. The Hall–Kier alpha value is -4.61. The summed E-state index contributed by atoms with van der Waals surface area (Å²) in [5.74, 6) is 0.147. The molecule has 9 rings (SSSR count). The highest BCUT2D eigenvalue weighted by Gasteiger charge is 2.43. The Labute approximate surface area is 259 Å². The van der Waals surface area contributed by atoms with Gasteiger partial charge in [0.25, 0.3) is 0 Å². The number of nitrogens with zero attached hydrogens (tertiary/aromatic N) is 3. The Morgan fingerprint density at radius 2 is 1.64 bits per heavy atom. The molecule has 7 heterocycles. The van der Waals surface area contributed by atoms with E-state index in [9.17, 15) is 0 Å². The molecule has 6 aromatic heterocycles. The number of benzene rings is 2. The molecule has 0 saturated heterocycles. The first-order valence-electron chi connectivity index (χ1n) is 15.4. The summed E-state index contributed by atoms with van der Waals surface area (Å²) in [5.41, 5.74) is 13.0. The van der Waals surface area contributed by atoms with Crippen LogP contribution in [0.15, 0.2) is 83.5 Å². The lowest BCUT2D eigenvalue weighted by Gasteiger charge is -2.28. The standard InChI is InChI=1S/C39H33N3OS/c1-20-7-10-28-31(13-20)36(25(6)41-18-22(3)21(2)14-32(28)41)33-16-26-9-12-29-30-11-8-23(4)40-39(30)43-38(29)37(26)34-17-35-27(19-42(33)34)15-24(5)44-35/h7-19,25,36H,1-6H3/q+2. The molecular formula is C39H33N3OS+2. The maximum atomic E-state index is 6.60. The van der Waals surface area contributed by atoms with Crippen molar-refractivity contribution in [2.24, 2.45) is 0 Å². The predicted molar refractivity (Wildman–Crippen MR) is 180 cm³/mol. The van der Waals surface area contributed by atoms with Crippen LogP contribution in [-0.4, -0.2) is 4.98 Å². The topological polar surface area (TPSA) is 34.0 Å². The minimum atomic E-state index is 0.147. The van der Waals surface area contributed by atoms with Crippen LogP contribution in [0.25, 0.3) is 59.7 Å². The Morgan fingerprint density at radius 3 is 2.50 bits per heavy atom. The number of thiophene rings is 1. The molecule has 1 aliphatic rings. The fraction of sp³-hybridized carbons (Fsp3) is 0.205. The molecule has 4 nitrogen and oxygen atoms in total. The van der Waals surface area contributed by atoms with Crippen molar-refractivity contribution in [3.05, 3.63) is 118 Å². The highest BCUT2D eigenvalue weighted by atomic mass is 32.1. The molecule has 214 valence electrons. The molecule has 2 atom stereocenters. The van der Waals surface area contributed by atoms with Crippen molar-refractivity contribution in [3.8, 4) is 11.3 Å². The van der Waals surface area contributed by atoms with Crippen LogP contribution in [-0.2, 0) is 0 Å². The van der Waals surface area contributed by atoms with E-state index in [2.05, 4.69) is 123 Å². The minimum absolute atomic E-state index is 0.147. The second-order valence-electron chi connectivity index (χ2n) is 12.8. The number of rotatable bonds is 1. The Morgan fingerprint density at radius 1 is 0.795 bits per heavy atom. The van der Waals surface area contributed by atoms with Crippen molar-refractivity contribution in [2.45, 2.75) is 53.5 Å². The zero-order valence-electron chi connectivity index (χ0n) is 25.8. The summed E-state index contributed by atoms with van der Waals surface area (Å²) in [6.45, 7) is 13.3. The molecule has 0 amide bonds. The van der Waals surface area contributed by atoms with Crippen LogP contribution < -0.4 is 8.97 Å². The van der Waals surface area contributed by atoms with Gasteiger partial charge < -0.3 is 4.42 Å². The van der Waals surface area contributed by atoms with Gasteiger partial charge in [-0.1, -0.05) is 23.8 Å². The average Bonchev–Trinajstić information content (AvgIpc) is 3.55. The van der Waals surface area contributed by atoms with Gasteiger partial charge in [-0.05, 0) is 88.4 Å². The SMILES string of the molecule is Cc1ccc2c(c1)C(c1cc3ccc4c5ccc(C)nc5oc4c3c3cc4sc(C)cc4c[n+]13)C(C)[n+]1cc(C)c(C)cc1-2. The molecular weight excluding hydrogens is 559 g/mol. The van der Waals surface area contributed by atoms with Crippen LogP contribution in [0.4, 0.5) is 0 Å². The van der Waals surface area contributed by atoms with E-state index in [1.54, 1.807) is 0 Å². The van der Waals surface area contributed by atoms with Gasteiger partial charge in [0.15, 0.2) is 24.0 Å². The van der Waals surface area contributed by atoms with Gasteiger partial charge in [0, 0.05) is 49.8 Å². The number of aryl methyl sites for hydroxylation is 5. The molecule has 0 aliphatic carbocycles. The highest BCUT2D eigenvalue weighted by Crippen LogP contribution is 2.44. The molecule has 0 fully saturated rings. The third-order valence-corrected chi connectivity index (χ3v) is 10.9. The van der Waals surface area contributed by atoms with E-state index in [4.69, 9.17) is 9.40 Å². The third-order valence-electron chi connectivity index (χ3n) is 9.87. The predicted octanol–water partition coefficient (Wildman–Crippen LogP) is 9.29. The van der Waals surface area contributed by atoms with E-state index in [0.29, 0.717) is 5.71 Å². The summed E-state index contributed by atoms with van der Waals surface area (Å²) in [5, 5.41) is 5.77. The zero-order chi connectivity index (χ0) is 30.0. The van der Waals surface area contributed by atoms with E-state index >= 15 is 0 Å². The van der Waals surface area contributed by atoms with Crippen LogP contribution in [0, 0.1) is 34.6 Å². The van der Waals surface area contributed by atoms with Crippen LogP contribution in [0.1, 0.15) is 57.4 Å². The summed E-state index contributed by atoms with van der Waals surface area (Å²) in [6.07, 6.45) is 4.71. The van der Waals surface area contributed by atoms with Gasteiger partial charge in [0.05, 0.1) is 16.3 Å². The van der Waals surface area contributed by atoms with Crippen LogP contribution in [0.3, 0.4) is 0 Å². The lowest BCUT2D eigenvalue weighted by atomic mass is 9.79. The van der Waals surface area contributed by atoms with Gasteiger partial charge in [-0.3, -0.25) is 0 Å². The number of fused-ring (bicyclic) bond motifs is 11. The molecule has 2 aromatic carbocycles.